The number of carbonyl (C=O) groups excluding carboxylic acids is 1. The fourth-order valence-corrected chi connectivity index (χ4v) is 4.16. The highest BCUT2D eigenvalue weighted by atomic mass is 79.9. The summed E-state index contributed by atoms with van der Waals surface area (Å²) >= 11 is 6.73. The van der Waals surface area contributed by atoms with Crippen LogP contribution in [0.5, 0.6) is 0 Å². The van der Waals surface area contributed by atoms with E-state index in [2.05, 4.69) is 45.7 Å². The second kappa shape index (κ2) is 7.88. The zero-order chi connectivity index (χ0) is 19.8. The summed E-state index contributed by atoms with van der Waals surface area (Å²) in [5.74, 6) is -0.407. The highest BCUT2D eigenvalue weighted by molar-refractivity contribution is 9.28. The van der Waals surface area contributed by atoms with E-state index < -0.39 is 0 Å². The summed E-state index contributed by atoms with van der Waals surface area (Å²) in [6, 6.07) is 12.3. The normalized spacial score (nSPS) is 20.1. The molecule has 0 N–H and O–H groups in total. The van der Waals surface area contributed by atoms with Gasteiger partial charge in [-0.25, -0.2) is 4.39 Å². The Morgan fingerprint density at radius 3 is 2.48 bits per heavy atom. The lowest BCUT2D eigenvalue weighted by molar-refractivity contribution is -0.147. The molecule has 2 atom stereocenters. The van der Waals surface area contributed by atoms with Crippen LogP contribution in [0.4, 0.5) is 4.39 Å². The van der Waals surface area contributed by atoms with E-state index in [1.165, 1.54) is 12.1 Å². The molecule has 0 radical (unpaired) electrons. The first-order chi connectivity index (χ1) is 12.7. The Balaban J connectivity index is 1.72. The summed E-state index contributed by atoms with van der Waals surface area (Å²) in [4.78, 5) is 12.6. The summed E-state index contributed by atoms with van der Waals surface area (Å²) in [5, 5.41) is 0. The van der Waals surface area contributed by atoms with Crippen LogP contribution in [0, 0.1) is 30.0 Å². The lowest BCUT2D eigenvalue weighted by Crippen LogP contribution is -2.11. The average molecular weight is 496 g/mol. The Labute approximate surface area is 176 Å². The van der Waals surface area contributed by atoms with Gasteiger partial charge < -0.3 is 4.74 Å². The molecule has 2 nitrogen and oxygen atoms in total. The zero-order valence-corrected chi connectivity index (χ0v) is 18.6. The third-order valence-electron chi connectivity index (χ3n) is 5.44. The fraction of sp³-hybridized carbons (Fsp3) is 0.318. The van der Waals surface area contributed by atoms with E-state index in [9.17, 15) is 9.18 Å². The van der Waals surface area contributed by atoms with Crippen molar-refractivity contribution in [3.63, 3.8) is 0 Å². The molecule has 0 heterocycles. The van der Waals surface area contributed by atoms with Crippen LogP contribution in [-0.4, -0.2) is 5.97 Å². The lowest BCUT2D eigenvalue weighted by Gasteiger charge is -2.12. The van der Waals surface area contributed by atoms with Crippen molar-refractivity contribution in [1.29, 1.82) is 0 Å². The van der Waals surface area contributed by atoms with E-state index >= 15 is 0 Å². The van der Waals surface area contributed by atoms with Crippen LogP contribution in [0.1, 0.15) is 25.0 Å². The molecule has 1 saturated carbocycles. The van der Waals surface area contributed by atoms with Gasteiger partial charge in [0, 0.05) is 0 Å². The van der Waals surface area contributed by atoms with E-state index in [-0.39, 0.29) is 35.6 Å². The van der Waals surface area contributed by atoms with Gasteiger partial charge in [0.2, 0.25) is 0 Å². The number of ether oxygens (including phenoxy) is 1. The maximum Gasteiger partial charge on any atom is 0.310 e. The molecule has 0 aromatic heterocycles. The Morgan fingerprint density at radius 2 is 1.85 bits per heavy atom. The molecule has 0 spiro atoms. The van der Waals surface area contributed by atoms with Crippen LogP contribution in [0.15, 0.2) is 51.9 Å². The Bertz CT molecular complexity index is 884. The monoisotopic (exact) mass is 494 g/mol. The Kier molecular flexibility index (Phi) is 5.92. The summed E-state index contributed by atoms with van der Waals surface area (Å²) in [5.41, 5.74) is 3.84. The number of hydrogen-bond acceptors (Lipinski definition) is 2. The number of rotatable bonds is 5. The van der Waals surface area contributed by atoms with Crippen molar-refractivity contribution in [1.82, 2.24) is 0 Å². The standard InChI is InChI=1S/C22H21Br2FO2/c1-13-15(5-4-6-17(13)14-7-9-16(25)10-8-14)12-27-21(26)20-18(11-19(23)24)22(20,2)3/h4-11,18,20H,12H2,1-3H3/t18-,20-/m0/s1. The maximum atomic E-state index is 13.2. The summed E-state index contributed by atoms with van der Waals surface area (Å²) in [6.07, 6.45) is 2.01. The van der Waals surface area contributed by atoms with E-state index in [4.69, 9.17) is 4.74 Å². The minimum absolute atomic E-state index is 0.102. The van der Waals surface area contributed by atoms with Gasteiger partial charge in [-0.05, 0) is 84.5 Å². The lowest BCUT2D eigenvalue weighted by atomic mass is 9.97. The molecular weight excluding hydrogens is 475 g/mol. The molecule has 0 saturated heterocycles. The van der Waals surface area contributed by atoms with Crippen LogP contribution in [-0.2, 0) is 16.1 Å². The molecule has 1 aliphatic rings. The van der Waals surface area contributed by atoms with Crippen molar-refractivity contribution >= 4 is 37.8 Å². The number of halogens is 3. The van der Waals surface area contributed by atoms with E-state index in [0.717, 1.165) is 25.6 Å². The van der Waals surface area contributed by atoms with E-state index in [1.54, 1.807) is 12.1 Å². The number of allylic oxidation sites excluding steroid dienone is 1. The largest absolute Gasteiger partial charge is 0.461 e. The Hall–Kier alpha value is -1.46. The van der Waals surface area contributed by atoms with Gasteiger partial charge in [-0.2, -0.15) is 0 Å². The number of carbonyl (C=O) groups is 1. The minimum atomic E-state index is -0.257. The second-order valence-electron chi connectivity index (χ2n) is 7.49. The maximum absolute atomic E-state index is 13.2. The molecule has 2 aromatic rings. The van der Waals surface area contributed by atoms with Crippen molar-refractivity contribution in [2.24, 2.45) is 17.3 Å². The van der Waals surface area contributed by atoms with Gasteiger partial charge in [0.15, 0.2) is 0 Å². The molecule has 1 fully saturated rings. The van der Waals surface area contributed by atoms with Gasteiger partial charge >= 0.3 is 5.97 Å². The summed E-state index contributed by atoms with van der Waals surface area (Å²) < 4.78 is 19.7. The van der Waals surface area contributed by atoms with Gasteiger partial charge in [0.1, 0.15) is 12.4 Å². The van der Waals surface area contributed by atoms with Crippen LogP contribution < -0.4 is 0 Å². The predicted octanol–water partition coefficient (Wildman–Crippen LogP) is 6.75. The molecule has 0 unspecified atom stereocenters. The topological polar surface area (TPSA) is 26.3 Å². The predicted molar refractivity (Wildman–Crippen MR) is 113 cm³/mol. The van der Waals surface area contributed by atoms with Gasteiger partial charge in [0.05, 0.1) is 9.31 Å². The first-order valence-corrected chi connectivity index (χ1v) is 10.3. The van der Waals surface area contributed by atoms with Crippen LogP contribution in [0.3, 0.4) is 0 Å². The molecule has 1 aliphatic carbocycles. The highest BCUT2D eigenvalue weighted by Gasteiger charge is 2.61. The van der Waals surface area contributed by atoms with Crippen molar-refractivity contribution < 1.29 is 13.9 Å². The molecule has 2 aromatic carbocycles. The van der Waals surface area contributed by atoms with Crippen LogP contribution in [0.2, 0.25) is 0 Å². The number of esters is 1. The zero-order valence-electron chi connectivity index (χ0n) is 15.4. The third-order valence-corrected chi connectivity index (χ3v) is 5.97. The molecular formula is C22H21Br2FO2. The van der Waals surface area contributed by atoms with Crippen molar-refractivity contribution in [3.05, 3.63) is 68.9 Å². The van der Waals surface area contributed by atoms with Gasteiger partial charge in [-0.3, -0.25) is 4.79 Å². The molecule has 27 heavy (non-hydrogen) atoms. The molecule has 0 amide bonds. The SMILES string of the molecule is Cc1c(COC(=O)[C@@H]2[C@H](C=C(Br)Br)C2(C)C)cccc1-c1ccc(F)cc1. The van der Waals surface area contributed by atoms with E-state index in [0.29, 0.717) is 0 Å². The van der Waals surface area contributed by atoms with E-state index in [1.807, 2.05) is 31.2 Å². The van der Waals surface area contributed by atoms with Crippen LogP contribution in [0.25, 0.3) is 11.1 Å². The quantitative estimate of drug-likeness (QED) is 0.429. The Morgan fingerprint density at radius 1 is 1.19 bits per heavy atom. The van der Waals surface area contributed by atoms with Crippen LogP contribution >= 0.6 is 31.9 Å². The highest BCUT2D eigenvalue weighted by Crippen LogP contribution is 2.60. The summed E-state index contributed by atoms with van der Waals surface area (Å²) in [7, 11) is 0. The molecule has 0 aliphatic heterocycles. The minimum Gasteiger partial charge on any atom is -0.461 e. The first kappa shape index (κ1) is 20.3. The van der Waals surface area contributed by atoms with Crippen molar-refractivity contribution in [2.75, 3.05) is 0 Å². The first-order valence-electron chi connectivity index (χ1n) is 8.75. The molecule has 142 valence electrons. The smallest absolute Gasteiger partial charge is 0.310 e. The van der Waals surface area contributed by atoms with Gasteiger partial charge in [-0.1, -0.05) is 50.3 Å². The van der Waals surface area contributed by atoms with Gasteiger partial charge in [0.25, 0.3) is 0 Å². The van der Waals surface area contributed by atoms with Crippen molar-refractivity contribution in [3.8, 4) is 11.1 Å². The fourth-order valence-electron chi connectivity index (χ4n) is 3.60. The second-order valence-corrected chi connectivity index (χ2v) is 10.3. The van der Waals surface area contributed by atoms with Gasteiger partial charge in [-0.15, -0.1) is 0 Å². The summed E-state index contributed by atoms with van der Waals surface area (Å²) in [6.45, 7) is 6.38. The van der Waals surface area contributed by atoms with Crippen molar-refractivity contribution in [2.45, 2.75) is 27.4 Å². The molecule has 0 bridgehead atoms. The molecule has 3 rings (SSSR count). The number of benzene rings is 2. The number of hydrogen-bond donors (Lipinski definition) is 0. The third kappa shape index (κ3) is 4.35. The molecule has 5 heteroatoms. The average Bonchev–Trinajstić information content (AvgIpc) is 3.14.